The third-order valence-electron chi connectivity index (χ3n) is 1.68. The Morgan fingerprint density at radius 1 is 1.58 bits per heavy atom. The third-order valence-corrected chi connectivity index (χ3v) is 2.97. The van der Waals surface area contributed by atoms with Gasteiger partial charge in [0.05, 0.1) is 4.34 Å². The first-order chi connectivity index (χ1) is 5.72. The standard InChI is InChI=1S/C8H13ClN2S/c1-11(6-10)5-4-7-2-3-8(9)12-7/h2-3H,4-6,10H2,1H3. The summed E-state index contributed by atoms with van der Waals surface area (Å²) in [6.07, 6.45) is 1.03. The van der Waals surface area contributed by atoms with Crippen molar-refractivity contribution in [3.63, 3.8) is 0 Å². The second-order valence-electron chi connectivity index (χ2n) is 2.72. The molecule has 1 rings (SSSR count). The molecule has 0 atom stereocenters. The topological polar surface area (TPSA) is 29.3 Å². The smallest absolute Gasteiger partial charge is 0.0931 e. The first-order valence-electron chi connectivity index (χ1n) is 3.85. The molecule has 0 aliphatic heterocycles. The van der Waals surface area contributed by atoms with E-state index in [9.17, 15) is 0 Å². The second kappa shape index (κ2) is 4.82. The van der Waals surface area contributed by atoms with Gasteiger partial charge in [-0.3, -0.25) is 4.90 Å². The highest BCUT2D eigenvalue weighted by Gasteiger charge is 1.99. The maximum atomic E-state index is 5.79. The molecule has 0 aliphatic carbocycles. The van der Waals surface area contributed by atoms with E-state index in [-0.39, 0.29) is 0 Å². The number of nitrogens with zero attached hydrogens (tertiary/aromatic N) is 1. The molecule has 0 aliphatic rings. The predicted molar refractivity (Wildman–Crippen MR) is 54.7 cm³/mol. The molecule has 4 heteroatoms. The summed E-state index contributed by atoms with van der Waals surface area (Å²) in [4.78, 5) is 3.40. The van der Waals surface area contributed by atoms with Crippen LogP contribution in [0.25, 0.3) is 0 Å². The normalized spacial score (nSPS) is 11.0. The van der Waals surface area contributed by atoms with Gasteiger partial charge in [-0.05, 0) is 25.6 Å². The number of hydrogen-bond acceptors (Lipinski definition) is 3. The van der Waals surface area contributed by atoms with E-state index >= 15 is 0 Å². The van der Waals surface area contributed by atoms with E-state index in [0.29, 0.717) is 6.67 Å². The lowest BCUT2D eigenvalue weighted by molar-refractivity contribution is 0.350. The van der Waals surface area contributed by atoms with E-state index in [1.165, 1.54) is 4.88 Å². The van der Waals surface area contributed by atoms with Crippen molar-refractivity contribution in [3.8, 4) is 0 Å². The summed E-state index contributed by atoms with van der Waals surface area (Å²) in [7, 11) is 2.01. The molecule has 2 N–H and O–H groups in total. The first kappa shape index (κ1) is 9.99. The second-order valence-corrected chi connectivity index (χ2v) is 4.52. The van der Waals surface area contributed by atoms with Gasteiger partial charge in [0.1, 0.15) is 0 Å². The highest BCUT2D eigenvalue weighted by molar-refractivity contribution is 7.16. The molecular formula is C8H13ClN2S. The maximum Gasteiger partial charge on any atom is 0.0931 e. The van der Waals surface area contributed by atoms with E-state index in [0.717, 1.165) is 17.3 Å². The van der Waals surface area contributed by atoms with E-state index < -0.39 is 0 Å². The van der Waals surface area contributed by atoms with Crippen molar-refractivity contribution in [2.75, 3.05) is 20.3 Å². The number of hydrogen-bond donors (Lipinski definition) is 1. The van der Waals surface area contributed by atoms with Gasteiger partial charge in [-0.1, -0.05) is 11.6 Å². The Morgan fingerprint density at radius 2 is 2.33 bits per heavy atom. The van der Waals surface area contributed by atoms with Crippen molar-refractivity contribution in [1.29, 1.82) is 0 Å². The molecule has 0 unspecified atom stereocenters. The highest BCUT2D eigenvalue weighted by Crippen LogP contribution is 2.21. The summed E-state index contributed by atoms with van der Waals surface area (Å²) in [5.41, 5.74) is 5.44. The fourth-order valence-corrected chi connectivity index (χ4v) is 1.95. The van der Waals surface area contributed by atoms with Crippen LogP contribution in [0, 0.1) is 0 Å². The predicted octanol–water partition coefficient (Wildman–Crippen LogP) is 1.79. The summed E-state index contributed by atoms with van der Waals surface area (Å²) >= 11 is 7.43. The maximum absolute atomic E-state index is 5.79. The van der Waals surface area contributed by atoms with Gasteiger partial charge >= 0.3 is 0 Å². The molecule has 0 amide bonds. The molecule has 12 heavy (non-hydrogen) atoms. The number of rotatable bonds is 4. The Hall–Kier alpha value is -0.0900. The number of likely N-dealkylation sites (N-methyl/N-ethyl adjacent to an activating group) is 1. The monoisotopic (exact) mass is 204 g/mol. The minimum absolute atomic E-state index is 0.610. The van der Waals surface area contributed by atoms with Gasteiger partial charge in [0.15, 0.2) is 0 Å². The van der Waals surface area contributed by atoms with Crippen LogP contribution in [0.1, 0.15) is 4.88 Å². The van der Waals surface area contributed by atoms with Crippen LogP contribution in [-0.4, -0.2) is 25.2 Å². The molecule has 68 valence electrons. The van der Waals surface area contributed by atoms with Crippen molar-refractivity contribution in [1.82, 2.24) is 4.90 Å². The highest BCUT2D eigenvalue weighted by atomic mass is 35.5. The Bertz CT molecular complexity index is 237. The fraction of sp³-hybridized carbons (Fsp3) is 0.500. The molecule has 0 saturated carbocycles. The summed E-state index contributed by atoms with van der Waals surface area (Å²) in [5, 5.41) is 0. The van der Waals surface area contributed by atoms with Crippen molar-refractivity contribution >= 4 is 22.9 Å². The minimum atomic E-state index is 0.610. The summed E-state index contributed by atoms with van der Waals surface area (Å²) in [6, 6.07) is 4.00. The lowest BCUT2D eigenvalue weighted by Crippen LogP contribution is -2.27. The Labute approximate surface area is 81.9 Å². The molecule has 0 bridgehead atoms. The van der Waals surface area contributed by atoms with Gasteiger partial charge in [0, 0.05) is 18.1 Å². The summed E-state index contributed by atoms with van der Waals surface area (Å²) in [5.74, 6) is 0. The van der Waals surface area contributed by atoms with Gasteiger partial charge < -0.3 is 5.73 Å². The Balaban J connectivity index is 2.33. The van der Waals surface area contributed by atoms with Crippen LogP contribution in [0.2, 0.25) is 4.34 Å². The number of thiophene rings is 1. The molecule has 0 radical (unpaired) electrons. The van der Waals surface area contributed by atoms with Crippen LogP contribution in [0.3, 0.4) is 0 Å². The number of halogens is 1. The fourth-order valence-electron chi connectivity index (χ4n) is 0.878. The van der Waals surface area contributed by atoms with E-state index in [4.69, 9.17) is 17.3 Å². The first-order valence-corrected chi connectivity index (χ1v) is 5.04. The van der Waals surface area contributed by atoms with Crippen molar-refractivity contribution in [3.05, 3.63) is 21.3 Å². The van der Waals surface area contributed by atoms with Crippen molar-refractivity contribution < 1.29 is 0 Å². The van der Waals surface area contributed by atoms with E-state index in [2.05, 4.69) is 11.0 Å². The van der Waals surface area contributed by atoms with Crippen LogP contribution in [0.15, 0.2) is 12.1 Å². The van der Waals surface area contributed by atoms with Gasteiger partial charge in [0.2, 0.25) is 0 Å². The zero-order chi connectivity index (χ0) is 8.97. The third kappa shape index (κ3) is 3.11. The van der Waals surface area contributed by atoms with Gasteiger partial charge in [-0.2, -0.15) is 0 Å². The summed E-state index contributed by atoms with van der Waals surface area (Å²) in [6.45, 7) is 1.60. The zero-order valence-corrected chi connectivity index (χ0v) is 8.66. The molecular weight excluding hydrogens is 192 g/mol. The lowest BCUT2D eigenvalue weighted by atomic mass is 10.3. The molecule has 1 heterocycles. The Morgan fingerprint density at radius 3 is 2.83 bits per heavy atom. The van der Waals surface area contributed by atoms with Gasteiger partial charge in [-0.25, -0.2) is 0 Å². The largest absolute Gasteiger partial charge is 0.318 e. The van der Waals surface area contributed by atoms with Crippen molar-refractivity contribution in [2.24, 2.45) is 5.73 Å². The molecule has 0 aromatic carbocycles. The van der Waals surface area contributed by atoms with Crippen LogP contribution in [0.5, 0.6) is 0 Å². The molecule has 0 spiro atoms. The van der Waals surface area contributed by atoms with Crippen molar-refractivity contribution in [2.45, 2.75) is 6.42 Å². The molecule has 0 fully saturated rings. The van der Waals surface area contributed by atoms with Crippen LogP contribution in [0.4, 0.5) is 0 Å². The molecule has 0 saturated heterocycles. The molecule has 2 nitrogen and oxygen atoms in total. The van der Waals surface area contributed by atoms with Crippen LogP contribution < -0.4 is 5.73 Å². The average molecular weight is 205 g/mol. The summed E-state index contributed by atoms with van der Waals surface area (Å²) < 4.78 is 0.861. The number of nitrogens with two attached hydrogens (primary N) is 1. The Kier molecular flexibility index (Phi) is 4.01. The molecule has 1 aromatic rings. The van der Waals surface area contributed by atoms with E-state index in [1.54, 1.807) is 11.3 Å². The van der Waals surface area contributed by atoms with Crippen LogP contribution >= 0.6 is 22.9 Å². The molecule has 1 aromatic heterocycles. The van der Waals surface area contributed by atoms with E-state index in [1.807, 2.05) is 13.1 Å². The van der Waals surface area contributed by atoms with Gasteiger partial charge in [-0.15, -0.1) is 11.3 Å². The van der Waals surface area contributed by atoms with Gasteiger partial charge in [0.25, 0.3) is 0 Å². The quantitative estimate of drug-likeness (QED) is 0.758. The zero-order valence-electron chi connectivity index (χ0n) is 7.09. The SMILES string of the molecule is CN(CN)CCc1ccc(Cl)s1. The lowest BCUT2D eigenvalue weighted by Gasteiger charge is -2.11. The minimum Gasteiger partial charge on any atom is -0.318 e. The van der Waals surface area contributed by atoms with Crippen LogP contribution in [-0.2, 0) is 6.42 Å². The average Bonchev–Trinajstić information content (AvgIpc) is 2.47.